The highest BCUT2D eigenvalue weighted by molar-refractivity contribution is 9.10. The van der Waals surface area contributed by atoms with Crippen molar-refractivity contribution in [2.75, 3.05) is 16.0 Å². The van der Waals surface area contributed by atoms with Gasteiger partial charge in [0.1, 0.15) is 28.5 Å². The normalized spacial score (nSPS) is 19.7. The number of carbonyl (C=O) groups is 1. The van der Waals surface area contributed by atoms with Gasteiger partial charge in [-0.3, -0.25) is 14.7 Å². The van der Waals surface area contributed by atoms with Crippen LogP contribution in [0.3, 0.4) is 0 Å². The van der Waals surface area contributed by atoms with Gasteiger partial charge in [0.05, 0.1) is 11.7 Å². The summed E-state index contributed by atoms with van der Waals surface area (Å²) < 4.78 is 0.574. The van der Waals surface area contributed by atoms with Crippen LogP contribution in [0.4, 0.5) is 17.3 Å². The zero-order chi connectivity index (χ0) is 19.0. The third kappa shape index (κ3) is 3.14. The molecule has 2 atom stereocenters. The molecule has 8 nitrogen and oxygen atoms in total. The molecule has 3 heterocycles. The van der Waals surface area contributed by atoms with Crippen LogP contribution in [0.25, 0.3) is 0 Å². The van der Waals surface area contributed by atoms with Gasteiger partial charge in [-0.2, -0.15) is 5.10 Å². The van der Waals surface area contributed by atoms with Crippen LogP contribution in [-0.2, 0) is 4.79 Å². The quantitative estimate of drug-likeness (QED) is 0.777. The molecule has 0 fully saturated rings. The van der Waals surface area contributed by atoms with Crippen LogP contribution in [0.15, 0.2) is 58.5 Å². The molecular formula is C18H18BrN7O. The number of carbonyl (C=O) groups excluding carboxylic acids is 1. The minimum absolute atomic E-state index is 0.00822. The van der Waals surface area contributed by atoms with E-state index in [4.69, 9.17) is 10.8 Å². The molecule has 0 saturated heterocycles. The standard InChI is InChI=1S/C18H18BrN7O/c1-11(23-16-14(19)15(20)21-10-22-16)17-24-25-9-5-8-13(25)18(27)26(17)12-6-3-2-4-7-12/h2-7,9-11,13H,8H2,1H3,(H3,20,21,22,23)/t11?,13-/m0/s1. The van der Waals surface area contributed by atoms with E-state index in [0.29, 0.717) is 28.4 Å². The first kappa shape index (κ1) is 17.5. The lowest BCUT2D eigenvalue weighted by Crippen LogP contribution is -2.56. The predicted molar refractivity (Wildman–Crippen MR) is 108 cm³/mol. The topological polar surface area (TPSA) is 99.7 Å². The van der Waals surface area contributed by atoms with Crippen molar-refractivity contribution < 1.29 is 4.79 Å². The van der Waals surface area contributed by atoms with Gasteiger partial charge in [0.2, 0.25) is 0 Å². The predicted octanol–water partition coefficient (Wildman–Crippen LogP) is 2.57. The fourth-order valence-electron chi connectivity index (χ4n) is 3.12. The van der Waals surface area contributed by atoms with Gasteiger partial charge in [-0.1, -0.05) is 24.3 Å². The van der Waals surface area contributed by atoms with Gasteiger partial charge in [0.15, 0.2) is 5.84 Å². The first-order valence-electron chi connectivity index (χ1n) is 8.51. The highest BCUT2D eigenvalue weighted by Crippen LogP contribution is 2.29. The number of nitrogen functional groups attached to an aromatic ring is 1. The molecule has 0 bridgehead atoms. The van der Waals surface area contributed by atoms with Crippen molar-refractivity contribution in [1.29, 1.82) is 0 Å². The summed E-state index contributed by atoms with van der Waals surface area (Å²) in [5, 5.41) is 9.70. The summed E-state index contributed by atoms with van der Waals surface area (Å²) in [5.74, 6) is 1.45. The molecule has 138 valence electrons. The molecule has 9 heteroatoms. The maximum absolute atomic E-state index is 13.2. The fraction of sp³-hybridized carbons (Fsp3) is 0.222. The lowest BCUT2D eigenvalue weighted by molar-refractivity contribution is -0.122. The first-order valence-corrected chi connectivity index (χ1v) is 9.30. The first-order chi connectivity index (χ1) is 13.1. The summed E-state index contributed by atoms with van der Waals surface area (Å²) in [6.45, 7) is 1.92. The van der Waals surface area contributed by atoms with Gasteiger partial charge in [-0.15, -0.1) is 0 Å². The SMILES string of the molecule is CC(Nc1ncnc(N)c1Br)C1=NN2C=CC[C@H]2C(=O)N1c1ccccc1. The Labute approximate surface area is 164 Å². The van der Waals surface area contributed by atoms with Crippen molar-refractivity contribution in [3.63, 3.8) is 0 Å². The van der Waals surface area contributed by atoms with Gasteiger partial charge in [-0.05, 0) is 41.4 Å². The Hall–Kier alpha value is -2.94. The van der Waals surface area contributed by atoms with E-state index in [2.05, 4.69) is 31.2 Å². The molecule has 2 aromatic rings. The van der Waals surface area contributed by atoms with E-state index in [-0.39, 0.29) is 18.0 Å². The number of anilines is 3. The minimum Gasteiger partial charge on any atom is -0.383 e. The van der Waals surface area contributed by atoms with Crippen LogP contribution in [0, 0.1) is 0 Å². The molecule has 0 spiro atoms. The molecule has 1 amide bonds. The van der Waals surface area contributed by atoms with Gasteiger partial charge < -0.3 is 11.1 Å². The van der Waals surface area contributed by atoms with Crippen molar-refractivity contribution in [3.8, 4) is 0 Å². The second kappa shape index (κ2) is 6.99. The van der Waals surface area contributed by atoms with Crippen LogP contribution < -0.4 is 16.0 Å². The monoisotopic (exact) mass is 427 g/mol. The Kier molecular flexibility index (Phi) is 4.53. The highest BCUT2D eigenvalue weighted by atomic mass is 79.9. The molecule has 0 radical (unpaired) electrons. The summed E-state index contributed by atoms with van der Waals surface area (Å²) in [4.78, 5) is 23.0. The summed E-state index contributed by atoms with van der Waals surface area (Å²) in [7, 11) is 0. The Morgan fingerprint density at radius 3 is 2.85 bits per heavy atom. The lowest BCUT2D eigenvalue weighted by atomic mass is 10.1. The van der Waals surface area contributed by atoms with Crippen molar-refractivity contribution in [3.05, 3.63) is 53.4 Å². The summed E-state index contributed by atoms with van der Waals surface area (Å²) >= 11 is 3.40. The smallest absolute Gasteiger partial charge is 0.257 e. The Balaban J connectivity index is 1.71. The molecule has 2 aliphatic heterocycles. The van der Waals surface area contributed by atoms with E-state index in [1.54, 1.807) is 9.91 Å². The van der Waals surface area contributed by atoms with Crippen molar-refractivity contribution in [2.45, 2.75) is 25.4 Å². The molecular weight excluding hydrogens is 410 g/mol. The number of hydrogen-bond donors (Lipinski definition) is 2. The maximum atomic E-state index is 13.2. The third-order valence-corrected chi connectivity index (χ3v) is 5.24. The lowest BCUT2D eigenvalue weighted by Gasteiger charge is -2.37. The number of nitrogens with two attached hydrogens (primary N) is 1. The number of amidine groups is 1. The summed E-state index contributed by atoms with van der Waals surface area (Å²) in [6.07, 6.45) is 5.83. The third-order valence-electron chi connectivity index (χ3n) is 4.46. The molecule has 0 aliphatic carbocycles. The Morgan fingerprint density at radius 1 is 1.30 bits per heavy atom. The second-order valence-corrected chi connectivity index (χ2v) is 7.06. The summed E-state index contributed by atoms with van der Waals surface area (Å²) in [6, 6.07) is 8.91. The van der Waals surface area contributed by atoms with E-state index in [9.17, 15) is 4.79 Å². The van der Waals surface area contributed by atoms with Crippen LogP contribution in [0.2, 0.25) is 0 Å². The Bertz CT molecular complexity index is 931. The largest absolute Gasteiger partial charge is 0.383 e. The number of halogens is 1. The van der Waals surface area contributed by atoms with E-state index < -0.39 is 0 Å². The number of benzene rings is 1. The number of aromatic nitrogens is 2. The molecule has 1 unspecified atom stereocenters. The van der Waals surface area contributed by atoms with Gasteiger partial charge in [0, 0.05) is 6.20 Å². The number of rotatable bonds is 4. The van der Waals surface area contributed by atoms with Crippen molar-refractivity contribution in [1.82, 2.24) is 15.0 Å². The maximum Gasteiger partial charge on any atom is 0.257 e. The number of amides is 1. The van der Waals surface area contributed by atoms with E-state index in [1.807, 2.05) is 49.5 Å². The number of hydrazone groups is 1. The highest BCUT2D eigenvalue weighted by Gasteiger charge is 2.40. The van der Waals surface area contributed by atoms with Crippen LogP contribution in [0.1, 0.15) is 13.3 Å². The molecule has 1 aromatic carbocycles. The fourth-order valence-corrected chi connectivity index (χ4v) is 3.44. The van der Waals surface area contributed by atoms with Crippen molar-refractivity contribution in [2.24, 2.45) is 5.10 Å². The van der Waals surface area contributed by atoms with Gasteiger partial charge >= 0.3 is 0 Å². The molecule has 1 aromatic heterocycles. The zero-order valence-electron chi connectivity index (χ0n) is 14.6. The average Bonchev–Trinajstić information content (AvgIpc) is 3.15. The molecule has 27 heavy (non-hydrogen) atoms. The van der Waals surface area contributed by atoms with Gasteiger partial charge in [0.25, 0.3) is 5.91 Å². The molecule has 4 rings (SSSR count). The van der Waals surface area contributed by atoms with Crippen LogP contribution >= 0.6 is 15.9 Å². The number of hydrogen-bond acceptors (Lipinski definition) is 7. The molecule has 2 aliphatic rings. The minimum atomic E-state index is -0.310. The summed E-state index contributed by atoms with van der Waals surface area (Å²) in [5.41, 5.74) is 6.62. The number of nitrogens with zero attached hydrogens (tertiary/aromatic N) is 5. The van der Waals surface area contributed by atoms with E-state index in [1.165, 1.54) is 6.33 Å². The van der Waals surface area contributed by atoms with E-state index in [0.717, 1.165) is 5.69 Å². The molecule has 0 saturated carbocycles. The average molecular weight is 428 g/mol. The molecule has 3 N–H and O–H groups in total. The second-order valence-electron chi connectivity index (χ2n) is 6.27. The Morgan fingerprint density at radius 2 is 2.07 bits per heavy atom. The van der Waals surface area contributed by atoms with Gasteiger partial charge in [-0.25, -0.2) is 9.97 Å². The van der Waals surface area contributed by atoms with Crippen LogP contribution in [-0.4, -0.2) is 38.8 Å². The van der Waals surface area contributed by atoms with Crippen LogP contribution in [0.5, 0.6) is 0 Å². The number of fused-ring (bicyclic) bond motifs is 1. The van der Waals surface area contributed by atoms with E-state index >= 15 is 0 Å². The number of nitrogens with one attached hydrogen (secondary N) is 1. The number of para-hydroxylation sites is 1. The van der Waals surface area contributed by atoms with Crippen molar-refractivity contribution >= 4 is 45.0 Å². The zero-order valence-corrected chi connectivity index (χ0v) is 16.2.